The fourth-order valence-electron chi connectivity index (χ4n) is 8.18. The summed E-state index contributed by atoms with van der Waals surface area (Å²) in [6.45, 7) is 10.6. The summed E-state index contributed by atoms with van der Waals surface area (Å²) in [5.74, 6) is -4.20. The number of fused-ring (bicyclic) bond motifs is 1. The van der Waals surface area contributed by atoms with Crippen LogP contribution in [0, 0.1) is 34.5 Å². The first-order valence-electron chi connectivity index (χ1n) is 12.4. The molecular formula is C26H34O9. The summed E-state index contributed by atoms with van der Waals surface area (Å²) >= 11 is 0. The lowest BCUT2D eigenvalue weighted by Gasteiger charge is -2.50. The summed E-state index contributed by atoms with van der Waals surface area (Å²) in [7, 11) is 0. The Balaban J connectivity index is 1.67. The first-order chi connectivity index (χ1) is 16.3. The van der Waals surface area contributed by atoms with E-state index in [1.807, 2.05) is 0 Å². The van der Waals surface area contributed by atoms with Gasteiger partial charge in [0.2, 0.25) is 12.6 Å². The third-order valence-corrected chi connectivity index (χ3v) is 9.20. The maximum absolute atomic E-state index is 13.4. The zero-order valence-corrected chi connectivity index (χ0v) is 21.1. The van der Waals surface area contributed by atoms with Crippen molar-refractivity contribution in [2.45, 2.75) is 91.5 Å². The Labute approximate surface area is 204 Å². The van der Waals surface area contributed by atoms with Crippen LogP contribution in [0.4, 0.5) is 0 Å². The largest absolute Gasteiger partial charge is 0.457 e. The zero-order chi connectivity index (χ0) is 25.5. The number of allylic oxidation sites excluding steroid dienone is 1. The average Bonchev–Trinajstić information content (AvgIpc) is 3.38. The van der Waals surface area contributed by atoms with E-state index in [2.05, 4.69) is 26.8 Å². The van der Waals surface area contributed by atoms with E-state index in [1.54, 1.807) is 0 Å². The summed E-state index contributed by atoms with van der Waals surface area (Å²) in [6.07, 6.45) is 2.93. The van der Waals surface area contributed by atoms with Crippen LogP contribution < -0.4 is 0 Å². The molecule has 0 N–H and O–H groups in total. The highest BCUT2D eigenvalue weighted by molar-refractivity contribution is 5.88. The molecule has 0 aromatic carbocycles. The maximum atomic E-state index is 13.4. The van der Waals surface area contributed by atoms with Gasteiger partial charge < -0.3 is 23.7 Å². The number of carbonyl (C=O) groups excluding carboxylic acids is 4. The smallest absolute Gasteiger partial charge is 0.357 e. The molecule has 35 heavy (non-hydrogen) atoms. The van der Waals surface area contributed by atoms with Crippen molar-refractivity contribution in [2.24, 2.45) is 34.5 Å². The maximum Gasteiger partial charge on any atom is 0.357 e. The van der Waals surface area contributed by atoms with Gasteiger partial charge in [-0.05, 0) is 36.0 Å². The van der Waals surface area contributed by atoms with Gasteiger partial charge in [0.15, 0.2) is 6.10 Å². The Morgan fingerprint density at radius 2 is 1.69 bits per heavy atom. The van der Waals surface area contributed by atoms with Crippen LogP contribution in [0.25, 0.3) is 0 Å². The summed E-state index contributed by atoms with van der Waals surface area (Å²) in [5.41, 5.74) is -0.926. The molecule has 4 fully saturated rings. The van der Waals surface area contributed by atoms with Crippen molar-refractivity contribution in [3.05, 3.63) is 11.6 Å². The average molecular weight is 491 g/mol. The van der Waals surface area contributed by atoms with Gasteiger partial charge in [-0.15, -0.1) is 0 Å². The van der Waals surface area contributed by atoms with Crippen LogP contribution in [-0.2, 0) is 42.9 Å². The molecule has 9 heteroatoms. The highest BCUT2D eigenvalue weighted by atomic mass is 16.8. The Bertz CT molecular complexity index is 1010. The fourth-order valence-corrected chi connectivity index (χ4v) is 8.18. The quantitative estimate of drug-likeness (QED) is 0.333. The van der Waals surface area contributed by atoms with Crippen LogP contribution in [0.1, 0.15) is 67.2 Å². The molecule has 5 aliphatic rings. The van der Waals surface area contributed by atoms with Gasteiger partial charge in [0.05, 0.1) is 5.92 Å². The Morgan fingerprint density at radius 3 is 2.31 bits per heavy atom. The molecule has 0 unspecified atom stereocenters. The van der Waals surface area contributed by atoms with E-state index in [-0.39, 0.29) is 10.8 Å². The Kier molecular flexibility index (Phi) is 5.40. The number of esters is 4. The van der Waals surface area contributed by atoms with Gasteiger partial charge in [0, 0.05) is 32.6 Å². The highest BCUT2D eigenvalue weighted by Crippen LogP contribution is 2.68. The summed E-state index contributed by atoms with van der Waals surface area (Å²) < 4.78 is 28.6. The Hall–Kier alpha value is -2.42. The zero-order valence-electron chi connectivity index (χ0n) is 21.1. The molecule has 2 heterocycles. The number of hydrogen-bond donors (Lipinski definition) is 0. The van der Waals surface area contributed by atoms with Gasteiger partial charge in [0.1, 0.15) is 0 Å². The minimum absolute atomic E-state index is 0.104. The van der Waals surface area contributed by atoms with E-state index in [1.165, 1.54) is 20.8 Å². The van der Waals surface area contributed by atoms with Crippen LogP contribution in [-0.4, -0.2) is 48.2 Å². The number of ether oxygens (including phenoxy) is 5. The summed E-state index contributed by atoms with van der Waals surface area (Å²) in [6, 6.07) is 0. The first kappa shape index (κ1) is 24.3. The molecule has 0 spiro atoms. The molecule has 0 bridgehead atoms. The van der Waals surface area contributed by atoms with Crippen LogP contribution in [0.15, 0.2) is 11.6 Å². The topological polar surface area (TPSA) is 114 Å². The molecule has 5 rings (SSSR count). The van der Waals surface area contributed by atoms with Crippen molar-refractivity contribution in [2.75, 3.05) is 0 Å². The number of rotatable bonds is 4. The van der Waals surface area contributed by atoms with E-state index < -0.39 is 65.9 Å². The van der Waals surface area contributed by atoms with Gasteiger partial charge in [-0.2, -0.15) is 0 Å². The number of hydrogen-bond acceptors (Lipinski definition) is 9. The molecule has 3 aliphatic carbocycles. The van der Waals surface area contributed by atoms with E-state index in [9.17, 15) is 19.2 Å². The minimum Gasteiger partial charge on any atom is -0.457 e. The van der Waals surface area contributed by atoms with E-state index >= 15 is 0 Å². The second-order valence-electron chi connectivity index (χ2n) is 11.6. The van der Waals surface area contributed by atoms with Crippen LogP contribution in [0.2, 0.25) is 0 Å². The standard InChI is InChI=1S/C26H34O9/c1-12(27)31-20-17(15-8-9-16-24(4,5)10-7-11-25(15,16)6)18-19-22(33-21(18)32-13(2)28)34-23(30)26(19,20)35-14(3)29/h8,16-22H,7,9-11H2,1-6H3/t16-,17+,18-,19+,20-,21-,22+,25+,26+/m0/s1. The molecule has 0 aromatic rings. The molecule has 2 aliphatic heterocycles. The van der Waals surface area contributed by atoms with Crippen molar-refractivity contribution in [3.63, 3.8) is 0 Å². The molecule has 9 nitrogen and oxygen atoms in total. The summed E-state index contributed by atoms with van der Waals surface area (Å²) in [4.78, 5) is 50.0. The van der Waals surface area contributed by atoms with Crippen molar-refractivity contribution in [3.8, 4) is 0 Å². The molecule has 9 atom stereocenters. The SMILES string of the molecule is CC(=O)O[C@H]1O[C@@H]2OC(=O)[C@@]3(OC(C)=O)[C@@H]2[C@@H]1[C@@H](C1=CC[C@H]2C(C)(C)CCC[C@]12C)[C@@H]3OC(C)=O. The second kappa shape index (κ2) is 7.79. The van der Waals surface area contributed by atoms with E-state index in [4.69, 9.17) is 23.7 Å². The third-order valence-electron chi connectivity index (χ3n) is 9.20. The van der Waals surface area contributed by atoms with Gasteiger partial charge in [-0.25, -0.2) is 4.79 Å². The molecular weight excluding hydrogens is 456 g/mol. The van der Waals surface area contributed by atoms with Crippen molar-refractivity contribution in [1.29, 1.82) is 0 Å². The van der Waals surface area contributed by atoms with Crippen molar-refractivity contribution < 1.29 is 42.9 Å². The normalized spacial score (nSPS) is 44.7. The molecule has 2 saturated carbocycles. The first-order valence-corrected chi connectivity index (χ1v) is 12.4. The highest BCUT2D eigenvalue weighted by Gasteiger charge is 2.82. The fraction of sp³-hybridized carbons (Fsp3) is 0.769. The second-order valence-corrected chi connectivity index (χ2v) is 11.6. The van der Waals surface area contributed by atoms with Gasteiger partial charge >= 0.3 is 23.9 Å². The lowest BCUT2D eigenvalue weighted by molar-refractivity contribution is -0.210. The lowest BCUT2D eigenvalue weighted by atomic mass is 9.54. The number of carbonyl (C=O) groups is 4. The third kappa shape index (κ3) is 3.29. The van der Waals surface area contributed by atoms with Gasteiger partial charge in [-0.3, -0.25) is 14.4 Å². The van der Waals surface area contributed by atoms with E-state index in [0.717, 1.165) is 31.3 Å². The van der Waals surface area contributed by atoms with Crippen LogP contribution in [0.3, 0.4) is 0 Å². The predicted molar refractivity (Wildman–Crippen MR) is 119 cm³/mol. The molecule has 2 saturated heterocycles. The molecule has 0 radical (unpaired) electrons. The molecule has 0 aromatic heterocycles. The van der Waals surface area contributed by atoms with Crippen molar-refractivity contribution >= 4 is 23.9 Å². The summed E-state index contributed by atoms with van der Waals surface area (Å²) in [5, 5.41) is 0. The predicted octanol–water partition coefficient (Wildman–Crippen LogP) is 3.05. The molecule has 192 valence electrons. The lowest BCUT2D eigenvalue weighted by Crippen LogP contribution is -2.54. The van der Waals surface area contributed by atoms with E-state index in [0.29, 0.717) is 5.92 Å². The molecule has 0 amide bonds. The monoisotopic (exact) mass is 490 g/mol. The minimum atomic E-state index is -1.87. The Morgan fingerprint density at radius 1 is 1.00 bits per heavy atom. The van der Waals surface area contributed by atoms with Crippen molar-refractivity contribution in [1.82, 2.24) is 0 Å². The van der Waals surface area contributed by atoms with Crippen LogP contribution >= 0.6 is 0 Å². The van der Waals surface area contributed by atoms with Crippen LogP contribution in [0.5, 0.6) is 0 Å². The van der Waals surface area contributed by atoms with Gasteiger partial charge in [0.25, 0.3) is 5.60 Å². The van der Waals surface area contributed by atoms with Gasteiger partial charge in [-0.1, -0.05) is 38.8 Å².